The van der Waals surface area contributed by atoms with Crippen LogP contribution in [0.1, 0.15) is 79.7 Å². The van der Waals surface area contributed by atoms with Gasteiger partial charge in [0.15, 0.2) is 0 Å². The Balaban J connectivity index is 0. The van der Waals surface area contributed by atoms with Crippen LogP contribution in [-0.2, 0) is 6.54 Å². The Labute approximate surface area is 152 Å². The molecule has 1 aliphatic carbocycles. The van der Waals surface area contributed by atoms with Gasteiger partial charge in [0.2, 0.25) is 0 Å². The van der Waals surface area contributed by atoms with Gasteiger partial charge in [-0.1, -0.05) is 60.6 Å². The Bertz CT molecular complexity index is 353. The average molecular weight is 338 g/mol. The summed E-state index contributed by atoms with van der Waals surface area (Å²) in [6.07, 6.45) is 5.48. The van der Waals surface area contributed by atoms with Crippen molar-refractivity contribution in [3.05, 3.63) is 29.8 Å². The van der Waals surface area contributed by atoms with Crippen LogP contribution in [0.4, 0.5) is 0 Å². The Morgan fingerprint density at radius 2 is 1.33 bits per heavy atom. The topological polar surface area (TPSA) is 12.5 Å². The lowest BCUT2D eigenvalue weighted by atomic mass is 9.86. The fourth-order valence-corrected chi connectivity index (χ4v) is 2.83. The standard InChI is InChI=1S/C16H25NO.3C2H6/c1-13-4-8-15(9-5-13)17(2)12-14-6-10-16(18-3)11-7-14;3*1-2/h6-7,10-11,13,15H,4-5,8-9,12H2,1-3H3;3*1-2H3. The molecule has 24 heavy (non-hydrogen) atoms. The summed E-state index contributed by atoms with van der Waals surface area (Å²) in [6, 6.07) is 9.20. The van der Waals surface area contributed by atoms with Crippen LogP contribution in [0.25, 0.3) is 0 Å². The summed E-state index contributed by atoms with van der Waals surface area (Å²) in [7, 11) is 3.97. The highest BCUT2D eigenvalue weighted by molar-refractivity contribution is 5.27. The Kier molecular flexibility index (Phi) is 17.7. The molecule has 2 nitrogen and oxygen atoms in total. The molecular weight excluding hydrogens is 294 g/mol. The van der Waals surface area contributed by atoms with E-state index in [2.05, 4.69) is 31.0 Å². The molecule has 1 aromatic rings. The second-order valence-electron chi connectivity index (χ2n) is 5.68. The average Bonchev–Trinajstić information content (AvgIpc) is 2.68. The minimum Gasteiger partial charge on any atom is -0.497 e. The molecule has 0 atom stereocenters. The van der Waals surface area contributed by atoms with Gasteiger partial charge in [-0.3, -0.25) is 4.90 Å². The maximum Gasteiger partial charge on any atom is 0.118 e. The van der Waals surface area contributed by atoms with Crippen molar-refractivity contribution in [1.29, 1.82) is 0 Å². The molecule has 0 unspecified atom stereocenters. The molecule has 0 aromatic heterocycles. The van der Waals surface area contributed by atoms with Crippen molar-refractivity contribution < 1.29 is 4.74 Å². The van der Waals surface area contributed by atoms with Crippen LogP contribution in [0.5, 0.6) is 5.75 Å². The highest BCUT2D eigenvalue weighted by atomic mass is 16.5. The van der Waals surface area contributed by atoms with E-state index in [0.29, 0.717) is 0 Å². The first kappa shape index (κ1) is 25.2. The quantitative estimate of drug-likeness (QED) is 0.600. The lowest BCUT2D eigenvalue weighted by Crippen LogP contribution is -2.34. The van der Waals surface area contributed by atoms with Crippen molar-refractivity contribution in [3.63, 3.8) is 0 Å². The van der Waals surface area contributed by atoms with Gasteiger partial charge in [0, 0.05) is 12.6 Å². The summed E-state index contributed by atoms with van der Waals surface area (Å²) in [5.41, 5.74) is 1.37. The van der Waals surface area contributed by atoms with Gasteiger partial charge in [0.1, 0.15) is 5.75 Å². The fourth-order valence-electron chi connectivity index (χ4n) is 2.83. The molecule has 0 spiro atoms. The van der Waals surface area contributed by atoms with E-state index in [9.17, 15) is 0 Å². The normalized spacial score (nSPS) is 18.9. The number of ether oxygens (including phenoxy) is 1. The zero-order chi connectivity index (χ0) is 19.0. The van der Waals surface area contributed by atoms with E-state index in [0.717, 1.165) is 24.3 Å². The predicted octanol–water partition coefficient (Wildman–Crippen LogP) is 6.78. The van der Waals surface area contributed by atoms with Crippen LogP contribution in [0.3, 0.4) is 0 Å². The zero-order valence-corrected chi connectivity index (χ0v) is 17.9. The van der Waals surface area contributed by atoms with Crippen LogP contribution in [-0.4, -0.2) is 25.1 Å². The number of hydrogen-bond acceptors (Lipinski definition) is 2. The van der Waals surface area contributed by atoms with Crippen molar-refractivity contribution in [3.8, 4) is 5.75 Å². The molecule has 142 valence electrons. The van der Waals surface area contributed by atoms with E-state index in [4.69, 9.17) is 4.74 Å². The van der Waals surface area contributed by atoms with Crippen molar-refractivity contribution in [2.75, 3.05) is 14.2 Å². The van der Waals surface area contributed by atoms with Crippen molar-refractivity contribution in [1.82, 2.24) is 4.90 Å². The minimum atomic E-state index is 0.767. The van der Waals surface area contributed by atoms with Crippen LogP contribution < -0.4 is 4.74 Å². The van der Waals surface area contributed by atoms with Crippen molar-refractivity contribution in [2.24, 2.45) is 5.92 Å². The van der Waals surface area contributed by atoms with E-state index in [1.165, 1.54) is 31.2 Å². The Morgan fingerprint density at radius 3 is 1.75 bits per heavy atom. The lowest BCUT2D eigenvalue weighted by molar-refractivity contribution is 0.164. The SMILES string of the molecule is CC.CC.CC.COc1ccc(CN(C)C2CCC(C)CC2)cc1. The third-order valence-corrected chi connectivity index (χ3v) is 4.20. The monoisotopic (exact) mass is 337 g/mol. The third kappa shape index (κ3) is 9.97. The molecule has 0 amide bonds. The maximum atomic E-state index is 5.19. The summed E-state index contributed by atoms with van der Waals surface area (Å²) < 4.78 is 5.19. The van der Waals surface area contributed by atoms with E-state index in [1.54, 1.807) is 7.11 Å². The van der Waals surface area contributed by atoms with Gasteiger partial charge in [0.25, 0.3) is 0 Å². The van der Waals surface area contributed by atoms with Crippen molar-refractivity contribution >= 4 is 0 Å². The molecule has 0 radical (unpaired) electrons. The first-order valence-electron chi connectivity index (χ1n) is 10.0. The van der Waals surface area contributed by atoms with Gasteiger partial charge < -0.3 is 4.74 Å². The molecule has 0 bridgehead atoms. The van der Waals surface area contributed by atoms with Crippen LogP contribution >= 0.6 is 0 Å². The zero-order valence-electron chi connectivity index (χ0n) is 17.9. The van der Waals surface area contributed by atoms with Crippen LogP contribution in [0, 0.1) is 5.92 Å². The molecule has 1 saturated carbocycles. The third-order valence-electron chi connectivity index (χ3n) is 4.20. The van der Waals surface area contributed by atoms with E-state index >= 15 is 0 Å². The second-order valence-corrected chi connectivity index (χ2v) is 5.68. The van der Waals surface area contributed by atoms with E-state index in [-0.39, 0.29) is 0 Å². The Hall–Kier alpha value is -1.02. The van der Waals surface area contributed by atoms with Gasteiger partial charge >= 0.3 is 0 Å². The molecule has 0 aliphatic heterocycles. The first-order valence-corrected chi connectivity index (χ1v) is 10.0. The maximum absolute atomic E-state index is 5.19. The molecule has 2 rings (SSSR count). The van der Waals surface area contributed by atoms with Gasteiger partial charge in [-0.15, -0.1) is 0 Å². The fraction of sp³-hybridized carbons (Fsp3) is 0.727. The number of methoxy groups -OCH3 is 1. The molecule has 0 heterocycles. The molecule has 0 saturated heterocycles. The molecule has 1 aliphatic rings. The van der Waals surface area contributed by atoms with E-state index < -0.39 is 0 Å². The number of nitrogens with zero attached hydrogens (tertiary/aromatic N) is 1. The Morgan fingerprint density at radius 1 is 0.875 bits per heavy atom. The highest BCUT2D eigenvalue weighted by Crippen LogP contribution is 2.27. The van der Waals surface area contributed by atoms with Crippen molar-refractivity contribution in [2.45, 2.75) is 86.7 Å². The first-order chi connectivity index (χ1) is 11.7. The number of hydrogen-bond donors (Lipinski definition) is 0. The van der Waals surface area contributed by atoms with Crippen LogP contribution in [0.15, 0.2) is 24.3 Å². The number of rotatable bonds is 4. The summed E-state index contributed by atoms with van der Waals surface area (Å²) >= 11 is 0. The molecule has 2 heteroatoms. The van der Waals surface area contributed by atoms with Gasteiger partial charge in [0.05, 0.1) is 7.11 Å². The minimum absolute atomic E-state index is 0.767. The lowest BCUT2D eigenvalue weighted by Gasteiger charge is -2.33. The second kappa shape index (κ2) is 16.8. The summed E-state index contributed by atoms with van der Waals surface area (Å²) in [5.74, 6) is 1.86. The van der Waals surface area contributed by atoms with E-state index in [1.807, 2.05) is 53.7 Å². The molecular formula is C22H43NO. The predicted molar refractivity (Wildman–Crippen MR) is 110 cm³/mol. The summed E-state index contributed by atoms with van der Waals surface area (Å²) in [4.78, 5) is 2.51. The van der Waals surface area contributed by atoms with Gasteiger partial charge in [-0.2, -0.15) is 0 Å². The highest BCUT2D eigenvalue weighted by Gasteiger charge is 2.21. The summed E-state index contributed by atoms with van der Waals surface area (Å²) in [6.45, 7) is 15.4. The number of benzene rings is 1. The summed E-state index contributed by atoms with van der Waals surface area (Å²) in [5, 5.41) is 0. The molecule has 0 N–H and O–H groups in total. The van der Waals surface area contributed by atoms with Gasteiger partial charge in [-0.25, -0.2) is 0 Å². The van der Waals surface area contributed by atoms with Crippen LogP contribution in [0.2, 0.25) is 0 Å². The molecule has 1 fully saturated rings. The van der Waals surface area contributed by atoms with Gasteiger partial charge in [-0.05, 0) is 56.3 Å². The molecule has 1 aromatic carbocycles. The smallest absolute Gasteiger partial charge is 0.118 e. The largest absolute Gasteiger partial charge is 0.497 e.